The summed E-state index contributed by atoms with van der Waals surface area (Å²) in [6, 6.07) is 9.72. The van der Waals surface area contributed by atoms with Gasteiger partial charge in [-0.2, -0.15) is 0 Å². The Balaban J connectivity index is 2.43. The van der Waals surface area contributed by atoms with E-state index in [0.717, 1.165) is 5.56 Å². The number of halogens is 1. The summed E-state index contributed by atoms with van der Waals surface area (Å²) in [6.07, 6.45) is 1.18. The van der Waals surface area contributed by atoms with Gasteiger partial charge in [0.15, 0.2) is 0 Å². The van der Waals surface area contributed by atoms with Crippen molar-refractivity contribution in [3.05, 3.63) is 35.9 Å². The van der Waals surface area contributed by atoms with Crippen molar-refractivity contribution in [2.75, 3.05) is 6.67 Å². The van der Waals surface area contributed by atoms with Gasteiger partial charge in [0.25, 0.3) is 0 Å². The molecule has 0 fully saturated rings. The first-order chi connectivity index (χ1) is 6.36. The van der Waals surface area contributed by atoms with E-state index in [1.807, 2.05) is 30.3 Å². The van der Waals surface area contributed by atoms with Crippen LogP contribution in [0.2, 0.25) is 0 Å². The van der Waals surface area contributed by atoms with Gasteiger partial charge in [-0.1, -0.05) is 35.5 Å². The lowest BCUT2D eigenvalue weighted by molar-refractivity contribution is 0.314. The predicted molar refractivity (Wildman–Crippen MR) is 50.0 cm³/mol. The van der Waals surface area contributed by atoms with Crippen molar-refractivity contribution in [3.63, 3.8) is 0 Å². The summed E-state index contributed by atoms with van der Waals surface area (Å²) in [5, 5.41) is 11.2. The van der Waals surface area contributed by atoms with Gasteiger partial charge < -0.3 is 5.21 Å². The maximum Gasteiger partial charge on any atom is 0.131 e. The zero-order valence-electron chi connectivity index (χ0n) is 7.28. The van der Waals surface area contributed by atoms with Crippen LogP contribution in [0, 0.1) is 0 Å². The van der Waals surface area contributed by atoms with E-state index in [1.54, 1.807) is 0 Å². The Kier molecular flexibility index (Phi) is 3.96. The van der Waals surface area contributed by atoms with Crippen LogP contribution in [-0.2, 0) is 6.42 Å². The number of oxime groups is 1. The van der Waals surface area contributed by atoms with Crippen molar-refractivity contribution in [3.8, 4) is 0 Å². The first-order valence-corrected chi connectivity index (χ1v) is 4.16. The van der Waals surface area contributed by atoms with E-state index >= 15 is 0 Å². The fourth-order valence-electron chi connectivity index (χ4n) is 1.08. The van der Waals surface area contributed by atoms with E-state index in [9.17, 15) is 4.39 Å². The van der Waals surface area contributed by atoms with E-state index < -0.39 is 6.67 Å². The minimum Gasteiger partial charge on any atom is -0.411 e. The summed E-state index contributed by atoms with van der Waals surface area (Å²) in [5.74, 6) is 0. The molecule has 0 aliphatic carbocycles. The second kappa shape index (κ2) is 5.30. The van der Waals surface area contributed by atoms with Crippen LogP contribution in [-0.4, -0.2) is 17.6 Å². The monoisotopic (exact) mass is 181 g/mol. The number of hydrogen-bond donors (Lipinski definition) is 1. The summed E-state index contributed by atoms with van der Waals surface area (Å²) in [5.41, 5.74) is 1.32. The normalized spacial score (nSPS) is 11.6. The van der Waals surface area contributed by atoms with E-state index in [-0.39, 0.29) is 5.71 Å². The van der Waals surface area contributed by atoms with Gasteiger partial charge in [0.2, 0.25) is 0 Å². The molecule has 1 rings (SSSR count). The van der Waals surface area contributed by atoms with Crippen molar-refractivity contribution >= 4 is 5.71 Å². The van der Waals surface area contributed by atoms with Gasteiger partial charge in [0.1, 0.15) is 6.67 Å². The second-order valence-corrected chi connectivity index (χ2v) is 2.79. The number of alkyl halides is 1. The summed E-state index contributed by atoms with van der Waals surface area (Å²) < 4.78 is 12.1. The van der Waals surface area contributed by atoms with Gasteiger partial charge in [-0.25, -0.2) is 4.39 Å². The first-order valence-electron chi connectivity index (χ1n) is 4.16. The molecule has 0 unspecified atom stereocenters. The first kappa shape index (κ1) is 9.71. The molecule has 1 N–H and O–H groups in total. The van der Waals surface area contributed by atoms with E-state index in [4.69, 9.17) is 5.21 Å². The smallest absolute Gasteiger partial charge is 0.131 e. The molecule has 0 aromatic heterocycles. The molecule has 0 aliphatic heterocycles. The topological polar surface area (TPSA) is 32.6 Å². The molecular weight excluding hydrogens is 169 g/mol. The van der Waals surface area contributed by atoms with Gasteiger partial charge in [-0.05, 0) is 18.4 Å². The molecule has 0 aliphatic rings. The Morgan fingerprint density at radius 3 is 2.54 bits per heavy atom. The molecule has 0 saturated carbocycles. The SMILES string of the molecule is O/N=C(\CF)CCc1ccccc1. The van der Waals surface area contributed by atoms with Gasteiger partial charge in [-0.15, -0.1) is 0 Å². The summed E-state index contributed by atoms with van der Waals surface area (Å²) >= 11 is 0. The average molecular weight is 181 g/mol. The van der Waals surface area contributed by atoms with Gasteiger partial charge in [-0.3, -0.25) is 0 Å². The maximum absolute atomic E-state index is 12.1. The molecule has 70 valence electrons. The highest BCUT2D eigenvalue weighted by atomic mass is 19.1. The van der Waals surface area contributed by atoms with Crippen molar-refractivity contribution in [1.29, 1.82) is 0 Å². The van der Waals surface area contributed by atoms with Crippen molar-refractivity contribution in [2.45, 2.75) is 12.8 Å². The zero-order valence-corrected chi connectivity index (χ0v) is 7.28. The van der Waals surface area contributed by atoms with E-state index in [2.05, 4.69) is 5.16 Å². The fraction of sp³-hybridized carbons (Fsp3) is 0.300. The molecule has 0 saturated heterocycles. The molecule has 2 nitrogen and oxygen atoms in total. The van der Waals surface area contributed by atoms with E-state index in [1.165, 1.54) is 0 Å². The third kappa shape index (κ3) is 3.23. The molecule has 0 radical (unpaired) electrons. The quantitative estimate of drug-likeness (QED) is 0.432. The highest BCUT2D eigenvalue weighted by molar-refractivity contribution is 5.85. The Morgan fingerprint density at radius 2 is 2.00 bits per heavy atom. The van der Waals surface area contributed by atoms with Crippen LogP contribution in [0.3, 0.4) is 0 Å². The van der Waals surface area contributed by atoms with E-state index in [0.29, 0.717) is 12.8 Å². The third-order valence-electron chi connectivity index (χ3n) is 1.84. The molecule has 0 amide bonds. The fourth-order valence-corrected chi connectivity index (χ4v) is 1.08. The molecule has 0 atom stereocenters. The standard InChI is InChI=1S/C10H12FNO/c11-8-10(12-13)7-6-9-4-2-1-3-5-9/h1-5,13H,6-8H2/b12-10-. The van der Waals surface area contributed by atoms with Gasteiger partial charge >= 0.3 is 0 Å². The van der Waals surface area contributed by atoms with Crippen LogP contribution in [0.15, 0.2) is 35.5 Å². The molecule has 1 aromatic rings. The van der Waals surface area contributed by atoms with Crippen LogP contribution < -0.4 is 0 Å². The number of hydrogen-bond acceptors (Lipinski definition) is 2. The van der Waals surface area contributed by atoms with Crippen molar-refractivity contribution in [1.82, 2.24) is 0 Å². The maximum atomic E-state index is 12.1. The second-order valence-electron chi connectivity index (χ2n) is 2.79. The Morgan fingerprint density at radius 1 is 1.31 bits per heavy atom. The van der Waals surface area contributed by atoms with Crippen LogP contribution in [0.5, 0.6) is 0 Å². The van der Waals surface area contributed by atoms with Crippen molar-refractivity contribution < 1.29 is 9.60 Å². The van der Waals surface area contributed by atoms with Crippen molar-refractivity contribution in [2.24, 2.45) is 5.16 Å². The Bertz CT molecular complexity index is 272. The molecule has 0 heterocycles. The van der Waals surface area contributed by atoms with Crippen LogP contribution in [0.1, 0.15) is 12.0 Å². The molecule has 13 heavy (non-hydrogen) atoms. The minimum absolute atomic E-state index is 0.198. The zero-order chi connectivity index (χ0) is 9.52. The minimum atomic E-state index is -0.677. The predicted octanol–water partition coefficient (Wildman–Crippen LogP) is 2.42. The van der Waals surface area contributed by atoms with Crippen LogP contribution >= 0.6 is 0 Å². The molecule has 0 spiro atoms. The summed E-state index contributed by atoms with van der Waals surface area (Å²) in [4.78, 5) is 0. The lowest BCUT2D eigenvalue weighted by Crippen LogP contribution is -2.02. The Labute approximate surface area is 76.7 Å². The van der Waals surface area contributed by atoms with Gasteiger partial charge in [0.05, 0.1) is 5.71 Å². The molecule has 0 bridgehead atoms. The van der Waals surface area contributed by atoms with Crippen LogP contribution in [0.25, 0.3) is 0 Å². The number of benzene rings is 1. The summed E-state index contributed by atoms with van der Waals surface area (Å²) in [6.45, 7) is -0.677. The Hall–Kier alpha value is -1.38. The number of nitrogens with zero attached hydrogens (tertiary/aromatic N) is 1. The number of rotatable bonds is 4. The highest BCUT2D eigenvalue weighted by Crippen LogP contribution is 2.03. The molecular formula is C10H12FNO. The molecule has 1 aromatic carbocycles. The lowest BCUT2D eigenvalue weighted by Gasteiger charge is -1.99. The molecule has 3 heteroatoms. The van der Waals surface area contributed by atoms with Gasteiger partial charge in [0, 0.05) is 0 Å². The highest BCUT2D eigenvalue weighted by Gasteiger charge is 1.99. The van der Waals surface area contributed by atoms with Crippen LogP contribution in [0.4, 0.5) is 4.39 Å². The average Bonchev–Trinajstić information content (AvgIpc) is 2.21. The largest absolute Gasteiger partial charge is 0.411 e. The lowest BCUT2D eigenvalue weighted by atomic mass is 10.1. The third-order valence-corrected chi connectivity index (χ3v) is 1.84. The number of aryl methyl sites for hydroxylation is 1. The summed E-state index contributed by atoms with van der Waals surface area (Å²) in [7, 11) is 0.